The maximum atomic E-state index is 10.8. The van der Waals surface area contributed by atoms with Crippen LogP contribution < -0.4 is 4.90 Å². The molecule has 1 saturated heterocycles. The Balaban J connectivity index is 1.55. The van der Waals surface area contributed by atoms with Crippen molar-refractivity contribution >= 4 is 22.7 Å². The normalized spacial score (nSPS) is 15.5. The first-order valence-corrected chi connectivity index (χ1v) is 8.53. The van der Waals surface area contributed by atoms with E-state index < -0.39 is 5.97 Å². The van der Waals surface area contributed by atoms with Gasteiger partial charge in [-0.15, -0.1) is 0 Å². The third kappa shape index (κ3) is 3.23. The molecule has 0 saturated carbocycles. The Hall–Kier alpha value is -3.00. The van der Waals surface area contributed by atoms with Crippen molar-refractivity contribution in [3.63, 3.8) is 0 Å². The van der Waals surface area contributed by atoms with Crippen LogP contribution in [-0.2, 0) is 11.8 Å². The van der Waals surface area contributed by atoms with Gasteiger partial charge in [0.25, 0.3) is 0 Å². The second-order valence-electron chi connectivity index (χ2n) is 6.46. The number of rotatable bonds is 4. The van der Waals surface area contributed by atoms with Crippen molar-refractivity contribution in [3.8, 4) is 11.3 Å². The zero-order chi connectivity index (χ0) is 18.1. The molecule has 1 aliphatic heterocycles. The summed E-state index contributed by atoms with van der Waals surface area (Å²) < 4.78 is 1.85. The first-order valence-electron chi connectivity index (χ1n) is 8.53. The van der Waals surface area contributed by atoms with E-state index in [0.717, 1.165) is 41.1 Å². The van der Waals surface area contributed by atoms with Crippen molar-refractivity contribution in [2.45, 2.75) is 0 Å². The Morgan fingerprint density at radius 2 is 1.96 bits per heavy atom. The minimum Gasteiger partial charge on any atom is -0.480 e. The number of carboxylic acid groups (broad SMARTS) is 1. The van der Waals surface area contributed by atoms with E-state index in [1.54, 1.807) is 12.4 Å². The number of carbonyl (C=O) groups is 1. The number of carboxylic acids is 1. The van der Waals surface area contributed by atoms with Crippen LogP contribution in [0.1, 0.15) is 0 Å². The highest BCUT2D eigenvalue weighted by atomic mass is 16.4. The predicted octanol–water partition coefficient (Wildman–Crippen LogP) is 1.24. The van der Waals surface area contributed by atoms with Gasteiger partial charge in [-0.2, -0.15) is 5.10 Å². The van der Waals surface area contributed by atoms with Crippen molar-refractivity contribution < 1.29 is 9.90 Å². The molecule has 134 valence electrons. The molecule has 0 aliphatic carbocycles. The van der Waals surface area contributed by atoms with Crippen molar-refractivity contribution in [1.29, 1.82) is 0 Å². The van der Waals surface area contributed by atoms with E-state index in [0.29, 0.717) is 13.1 Å². The van der Waals surface area contributed by atoms with Gasteiger partial charge in [0.1, 0.15) is 5.82 Å². The lowest BCUT2D eigenvalue weighted by Gasteiger charge is -2.34. The molecule has 3 aromatic rings. The number of benzene rings is 1. The highest BCUT2D eigenvalue weighted by molar-refractivity contribution is 5.83. The van der Waals surface area contributed by atoms with Gasteiger partial charge in [0, 0.05) is 44.2 Å². The molecular formula is C18H20N6O2. The summed E-state index contributed by atoms with van der Waals surface area (Å²) in [6, 6.07) is 6.14. The quantitative estimate of drug-likeness (QED) is 0.756. The fraction of sp³-hybridized carbons (Fsp3) is 0.333. The second-order valence-corrected chi connectivity index (χ2v) is 6.46. The molecule has 8 heteroatoms. The average molecular weight is 352 g/mol. The predicted molar refractivity (Wildman–Crippen MR) is 98.0 cm³/mol. The molecule has 1 aliphatic rings. The van der Waals surface area contributed by atoms with Gasteiger partial charge in [0.2, 0.25) is 0 Å². The van der Waals surface area contributed by atoms with Gasteiger partial charge >= 0.3 is 5.97 Å². The molecule has 3 heterocycles. The topological polar surface area (TPSA) is 87.4 Å². The monoisotopic (exact) mass is 352 g/mol. The molecule has 0 atom stereocenters. The van der Waals surface area contributed by atoms with Crippen LogP contribution >= 0.6 is 0 Å². The van der Waals surface area contributed by atoms with E-state index in [1.165, 1.54) is 0 Å². The van der Waals surface area contributed by atoms with Gasteiger partial charge in [-0.3, -0.25) is 19.4 Å². The molecule has 0 amide bonds. The summed E-state index contributed by atoms with van der Waals surface area (Å²) >= 11 is 0. The lowest BCUT2D eigenvalue weighted by atomic mass is 10.1. The molecule has 26 heavy (non-hydrogen) atoms. The van der Waals surface area contributed by atoms with Crippen molar-refractivity contribution in [2.75, 3.05) is 37.6 Å². The van der Waals surface area contributed by atoms with Gasteiger partial charge < -0.3 is 10.0 Å². The van der Waals surface area contributed by atoms with Crippen molar-refractivity contribution in [2.24, 2.45) is 7.05 Å². The molecule has 0 bridgehead atoms. The minimum absolute atomic E-state index is 0.0876. The number of nitrogens with zero attached hydrogens (tertiary/aromatic N) is 6. The van der Waals surface area contributed by atoms with Crippen LogP contribution in [0.3, 0.4) is 0 Å². The molecule has 2 aromatic heterocycles. The number of anilines is 1. The fourth-order valence-electron chi connectivity index (χ4n) is 3.28. The van der Waals surface area contributed by atoms with Gasteiger partial charge in [0.15, 0.2) is 0 Å². The number of aryl methyl sites for hydroxylation is 1. The zero-order valence-electron chi connectivity index (χ0n) is 14.5. The highest BCUT2D eigenvalue weighted by Crippen LogP contribution is 2.24. The van der Waals surface area contributed by atoms with Crippen LogP contribution in [0.4, 0.5) is 5.82 Å². The molecular weight excluding hydrogens is 332 g/mol. The highest BCUT2D eigenvalue weighted by Gasteiger charge is 2.20. The molecule has 1 aromatic carbocycles. The van der Waals surface area contributed by atoms with Crippen LogP contribution in [0, 0.1) is 0 Å². The van der Waals surface area contributed by atoms with E-state index in [-0.39, 0.29) is 6.54 Å². The van der Waals surface area contributed by atoms with Crippen molar-refractivity contribution in [3.05, 3.63) is 36.8 Å². The summed E-state index contributed by atoms with van der Waals surface area (Å²) in [5.74, 6) is 0.0355. The van der Waals surface area contributed by atoms with Crippen LogP contribution in [-0.4, -0.2) is 68.4 Å². The zero-order valence-corrected chi connectivity index (χ0v) is 14.5. The summed E-state index contributed by atoms with van der Waals surface area (Å²) in [5, 5.41) is 14.3. The Morgan fingerprint density at radius 1 is 1.15 bits per heavy atom. The Kier molecular flexibility index (Phi) is 4.26. The first-order chi connectivity index (χ1) is 12.6. The van der Waals surface area contributed by atoms with Gasteiger partial charge in [-0.1, -0.05) is 12.1 Å². The fourth-order valence-corrected chi connectivity index (χ4v) is 3.28. The molecule has 0 radical (unpaired) electrons. The van der Waals surface area contributed by atoms with Crippen LogP contribution in [0.2, 0.25) is 0 Å². The van der Waals surface area contributed by atoms with Gasteiger partial charge in [0.05, 0.1) is 36.3 Å². The van der Waals surface area contributed by atoms with Gasteiger partial charge in [-0.05, 0) is 6.07 Å². The third-order valence-corrected chi connectivity index (χ3v) is 4.72. The van der Waals surface area contributed by atoms with E-state index in [9.17, 15) is 4.79 Å². The Morgan fingerprint density at radius 3 is 2.73 bits per heavy atom. The summed E-state index contributed by atoms with van der Waals surface area (Å²) in [5.41, 5.74) is 2.87. The Bertz CT molecular complexity index is 946. The first kappa shape index (κ1) is 16.5. The number of fused-ring (bicyclic) bond motifs is 1. The largest absolute Gasteiger partial charge is 0.480 e. The Labute approximate surface area is 150 Å². The maximum Gasteiger partial charge on any atom is 0.317 e. The van der Waals surface area contributed by atoms with Gasteiger partial charge in [-0.25, -0.2) is 4.98 Å². The molecule has 1 fully saturated rings. The molecule has 8 nitrogen and oxygen atoms in total. The number of aromatic nitrogens is 4. The van der Waals surface area contributed by atoms with E-state index in [1.807, 2.05) is 35.0 Å². The number of aliphatic carboxylic acids is 1. The second kappa shape index (κ2) is 6.72. The van der Waals surface area contributed by atoms with E-state index >= 15 is 0 Å². The minimum atomic E-state index is -0.786. The summed E-state index contributed by atoms with van der Waals surface area (Å²) in [6.07, 6.45) is 5.37. The third-order valence-electron chi connectivity index (χ3n) is 4.72. The maximum absolute atomic E-state index is 10.8. The van der Waals surface area contributed by atoms with E-state index in [2.05, 4.69) is 21.0 Å². The smallest absolute Gasteiger partial charge is 0.317 e. The molecule has 4 rings (SSSR count). The molecule has 0 unspecified atom stereocenters. The van der Waals surface area contributed by atoms with Crippen LogP contribution in [0.5, 0.6) is 0 Å². The lowest BCUT2D eigenvalue weighted by molar-refractivity contribution is -0.138. The van der Waals surface area contributed by atoms with Crippen LogP contribution in [0.25, 0.3) is 22.2 Å². The number of hydrogen-bond donors (Lipinski definition) is 1. The number of piperazine rings is 1. The summed E-state index contributed by atoms with van der Waals surface area (Å²) in [7, 11) is 1.92. The SMILES string of the molecule is Cn1ncc2ccc(-c3cncc(N4CCN(CC(=O)O)CC4)n3)cc21. The number of hydrogen-bond acceptors (Lipinski definition) is 6. The summed E-state index contributed by atoms with van der Waals surface area (Å²) in [6.45, 7) is 2.99. The standard InChI is InChI=1S/C18H20N6O2/c1-22-16-8-13(2-3-14(16)9-20-22)15-10-19-11-17(21-15)24-6-4-23(5-7-24)12-18(25)26/h2-3,8-11H,4-7,12H2,1H3,(H,25,26). The van der Waals surface area contributed by atoms with Crippen LogP contribution in [0.15, 0.2) is 36.8 Å². The lowest BCUT2D eigenvalue weighted by Crippen LogP contribution is -2.48. The average Bonchev–Trinajstić information content (AvgIpc) is 3.02. The van der Waals surface area contributed by atoms with Crippen molar-refractivity contribution in [1.82, 2.24) is 24.6 Å². The summed E-state index contributed by atoms with van der Waals surface area (Å²) in [4.78, 5) is 24.1. The van der Waals surface area contributed by atoms with E-state index in [4.69, 9.17) is 10.1 Å². The molecule has 1 N–H and O–H groups in total. The molecule has 0 spiro atoms.